The zero-order valence-corrected chi connectivity index (χ0v) is 14.7. The van der Waals surface area contributed by atoms with E-state index in [1.807, 2.05) is 31.2 Å². The standard InChI is InChI=1S/C18H17N2.Ir/c1-13-8-7-9-14(2)18(13)20-12-17(19-15(20)3)16-10-5-4-6-11-16;/h4-10,12H,1-3H3;/q-1;. The predicted molar refractivity (Wildman–Crippen MR) is 82.0 cm³/mol. The van der Waals surface area contributed by atoms with E-state index in [4.69, 9.17) is 0 Å². The fourth-order valence-corrected chi connectivity index (χ4v) is 2.57. The molecule has 0 saturated carbocycles. The second-order valence-corrected chi connectivity index (χ2v) is 5.06. The number of aromatic nitrogens is 2. The van der Waals surface area contributed by atoms with Crippen LogP contribution in [0.25, 0.3) is 16.9 Å². The third-order valence-electron chi connectivity index (χ3n) is 3.55. The summed E-state index contributed by atoms with van der Waals surface area (Å²) in [5.41, 5.74) is 5.73. The molecule has 0 N–H and O–H groups in total. The molecule has 21 heavy (non-hydrogen) atoms. The second-order valence-electron chi connectivity index (χ2n) is 5.06. The van der Waals surface area contributed by atoms with Crippen molar-refractivity contribution in [2.45, 2.75) is 20.8 Å². The first kappa shape index (κ1) is 15.7. The molecule has 0 saturated heterocycles. The third kappa shape index (κ3) is 2.99. The van der Waals surface area contributed by atoms with Gasteiger partial charge in [-0.05, 0) is 38.1 Å². The predicted octanol–water partition coefficient (Wildman–Crippen LogP) is 4.26. The first-order chi connectivity index (χ1) is 9.66. The molecular weight excluding hydrogens is 436 g/mol. The number of para-hydroxylation sites is 1. The average molecular weight is 454 g/mol. The fraction of sp³-hybridized carbons (Fsp3) is 0.167. The van der Waals surface area contributed by atoms with E-state index in [-0.39, 0.29) is 20.1 Å². The Morgan fingerprint density at radius 2 is 1.67 bits per heavy atom. The molecule has 0 atom stereocenters. The Kier molecular flexibility index (Phi) is 4.76. The van der Waals surface area contributed by atoms with Crippen LogP contribution in [0.15, 0.2) is 48.7 Å². The van der Waals surface area contributed by atoms with Crippen molar-refractivity contribution in [3.8, 4) is 16.9 Å². The zero-order valence-electron chi connectivity index (χ0n) is 12.3. The van der Waals surface area contributed by atoms with Gasteiger partial charge in [0.25, 0.3) is 0 Å². The number of hydrogen-bond donors (Lipinski definition) is 0. The summed E-state index contributed by atoms with van der Waals surface area (Å²) in [6, 6.07) is 17.5. The molecule has 109 valence electrons. The van der Waals surface area contributed by atoms with E-state index in [0.717, 1.165) is 17.1 Å². The van der Waals surface area contributed by atoms with Gasteiger partial charge in [-0.3, -0.25) is 4.98 Å². The average Bonchev–Trinajstić information content (AvgIpc) is 2.82. The molecule has 3 aromatic rings. The Bertz CT molecular complexity index is 725. The Labute approximate surface area is 139 Å². The van der Waals surface area contributed by atoms with Crippen LogP contribution in [0, 0.1) is 26.8 Å². The van der Waals surface area contributed by atoms with Crippen LogP contribution in [-0.2, 0) is 20.1 Å². The maximum Gasteiger partial charge on any atom is 0.0992 e. The van der Waals surface area contributed by atoms with Crippen LogP contribution in [0.4, 0.5) is 0 Å². The number of benzene rings is 2. The largest absolute Gasteiger partial charge is 0.313 e. The Balaban J connectivity index is 0.00000161. The molecule has 1 aromatic heterocycles. The van der Waals surface area contributed by atoms with E-state index in [2.05, 4.69) is 53.9 Å². The molecule has 1 radical (unpaired) electrons. The number of hydrogen-bond acceptors (Lipinski definition) is 1. The normalized spacial score (nSPS) is 10.2. The topological polar surface area (TPSA) is 17.8 Å². The monoisotopic (exact) mass is 454 g/mol. The number of aryl methyl sites for hydroxylation is 3. The van der Waals surface area contributed by atoms with Crippen LogP contribution in [-0.4, -0.2) is 9.55 Å². The summed E-state index contributed by atoms with van der Waals surface area (Å²) in [6.45, 7) is 6.31. The molecule has 3 heteroatoms. The van der Waals surface area contributed by atoms with Gasteiger partial charge in [0.1, 0.15) is 0 Å². The minimum absolute atomic E-state index is 0. The summed E-state index contributed by atoms with van der Waals surface area (Å²) in [5.74, 6) is 0.995. The van der Waals surface area contributed by atoms with Crippen LogP contribution in [0.3, 0.4) is 0 Å². The molecule has 0 spiro atoms. The van der Waals surface area contributed by atoms with Crippen molar-refractivity contribution in [3.05, 3.63) is 71.7 Å². The van der Waals surface area contributed by atoms with Crippen molar-refractivity contribution in [1.82, 2.24) is 9.55 Å². The maximum absolute atomic E-state index is 4.67. The first-order valence-corrected chi connectivity index (χ1v) is 6.76. The van der Waals surface area contributed by atoms with Gasteiger partial charge in [-0.1, -0.05) is 18.2 Å². The van der Waals surface area contributed by atoms with E-state index in [1.54, 1.807) is 0 Å². The van der Waals surface area contributed by atoms with Crippen molar-refractivity contribution in [2.24, 2.45) is 0 Å². The van der Waals surface area contributed by atoms with Crippen LogP contribution < -0.4 is 0 Å². The quantitative estimate of drug-likeness (QED) is 0.530. The van der Waals surface area contributed by atoms with E-state index in [9.17, 15) is 0 Å². The van der Waals surface area contributed by atoms with Crippen molar-refractivity contribution in [1.29, 1.82) is 0 Å². The summed E-state index contributed by atoms with van der Waals surface area (Å²) in [7, 11) is 0. The van der Waals surface area contributed by atoms with Gasteiger partial charge in [0.05, 0.1) is 11.5 Å². The van der Waals surface area contributed by atoms with Crippen LogP contribution in [0.1, 0.15) is 17.0 Å². The molecule has 2 aromatic carbocycles. The van der Waals surface area contributed by atoms with E-state index in [0.29, 0.717) is 0 Å². The Hall–Kier alpha value is -1.70. The van der Waals surface area contributed by atoms with Crippen LogP contribution in [0.2, 0.25) is 0 Å². The van der Waals surface area contributed by atoms with Crippen molar-refractivity contribution in [3.63, 3.8) is 0 Å². The smallest absolute Gasteiger partial charge is 0.0992 e. The van der Waals surface area contributed by atoms with Gasteiger partial charge in [-0.25, -0.2) is 0 Å². The SMILES string of the molecule is Cc1cccc(C)c1-n1cc(-c2[c-]cccc2)nc1C.[Ir]. The second kappa shape index (κ2) is 6.38. The molecule has 0 unspecified atom stereocenters. The molecule has 0 aliphatic carbocycles. The molecule has 0 fully saturated rings. The number of nitrogens with zero attached hydrogens (tertiary/aromatic N) is 2. The summed E-state index contributed by atoms with van der Waals surface area (Å²) in [4.78, 5) is 4.67. The van der Waals surface area contributed by atoms with Crippen molar-refractivity contribution < 1.29 is 20.1 Å². The molecule has 0 bridgehead atoms. The zero-order chi connectivity index (χ0) is 14.1. The van der Waals surface area contributed by atoms with E-state index < -0.39 is 0 Å². The van der Waals surface area contributed by atoms with Gasteiger partial charge in [-0.2, -0.15) is 0 Å². The maximum atomic E-state index is 4.67. The number of imidazole rings is 1. The molecule has 1 heterocycles. The van der Waals surface area contributed by atoms with Gasteiger partial charge in [0.15, 0.2) is 0 Å². The van der Waals surface area contributed by atoms with Crippen molar-refractivity contribution >= 4 is 0 Å². The molecular formula is C18H17IrN2-. The van der Waals surface area contributed by atoms with Gasteiger partial charge in [-0.15, -0.1) is 35.9 Å². The van der Waals surface area contributed by atoms with E-state index in [1.165, 1.54) is 16.8 Å². The summed E-state index contributed by atoms with van der Waals surface area (Å²) >= 11 is 0. The molecule has 3 rings (SSSR count). The third-order valence-corrected chi connectivity index (χ3v) is 3.55. The van der Waals surface area contributed by atoms with Gasteiger partial charge >= 0.3 is 0 Å². The minimum atomic E-state index is 0. The summed E-state index contributed by atoms with van der Waals surface area (Å²) in [6.07, 6.45) is 2.09. The molecule has 0 aliphatic heterocycles. The molecule has 0 aliphatic rings. The van der Waals surface area contributed by atoms with Gasteiger partial charge in [0, 0.05) is 25.8 Å². The number of rotatable bonds is 2. The molecule has 0 amide bonds. The Morgan fingerprint density at radius 3 is 2.29 bits per heavy atom. The van der Waals surface area contributed by atoms with Gasteiger partial charge < -0.3 is 4.57 Å². The summed E-state index contributed by atoms with van der Waals surface area (Å²) < 4.78 is 2.17. The van der Waals surface area contributed by atoms with Crippen LogP contribution >= 0.6 is 0 Å². The fourth-order valence-electron chi connectivity index (χ4n) is 2.57. The molecule has 2 nitrogen and oxygen atoms in total. The van der Waals surface area contributed by atoms with Crippen molar-refractivity contribution in [2.75, 3.05) is 0 Å². The van der Waals surface area contributed by atoms with Gasteiger partial charge in [0.2, 0.25) is 0 Å². The van der Waals surface area contributed by atoms with E-state index >= 15 is 0 Å². The minimum Gasteiger partial charge on any atom is -0.313 e. The Morgan fingerprint density at radius 1 is 0.952 bits per heavy atom. The van der Waals surface area contributed by atoms with Crippen LogP contribution in [0.5, 0.6) is 0 Å². The first-order valence-electron chi connectivity index (χ1n) is 6.76. The summed E-state index contributed by atoms with van der Waals surface area (Å²) in [5, 5.41) is 0.